The Morgan fingerprint density at radius 1 is 0.941 bits per heavy atom. The number of carbonyl (C=O) groups excluding carboxylic acids is 1. The first kappa shape index (κ1) is 23.9. The predicted octanol–water partition coefficient (Wildman–Crippen LogP) is 3.11. The monoisotopic (exact) mass is 476 g/mol. The molecule has 176 valence electrons. The molecule has 1 saturated heterocycles. The molecule has 0 spiro atoms. The molecule has 1 aliphatic rings. The number of carbonyl (C=O) groups is 1. The maximum absolute atomic E-state index is 12.6. The van der Waals surface area contributed by atoms with Crippen molar-refractivity contribution >= 4 is 26.7 Å². The second-order valence-corrected chi connectivity index (χ2v) is 10.2. The predicted molar refractivity (Wildman–Crippen MR) is 131 cm³/mol. The summed E-state index contributed by atoms with van der Waals surface area (Å²) in [6.07, 6.45) is 0.771. The number of fused-ring (bicyclic) bond motifs is 1. The fourth-order valence-electron chi connectivity index (χ4n) is 4.12. The van der Waals surface area contributed by atoms with Crippen LogP contribution in [0.1, 0.15) is 24.0 Å². The standard InChI is InChI=1S/C26H28N4O3S/c27-19-21-7-9-22(10-8-21)20-29-14-16-30(17-15-29)26(31)6-3-13-28-34(32,33)25-12-11-23-4-1-2-5-24(23)18-25/h1-2,4-5,7-12,18,28H,3,6,13-17,20H2. The van der Waals surface area contributed by atoms with Gasteiger partial charge in [-0.3, -0.25) is 9.69 Å². The van der Waals surface area contributed by atoms with Crippen LogP contribution in [-0.4, -0.2) is 56.8 Å². The Morgan fingerprint density at radius 2 is 1.65 bits per heavy atom. The van der Waals surface area contributed by atoms with Crippen LogP contribution in [0.2, 0.25) is 0 Å². The topological polar surface area (TPSA) is 93.5 Å². The van der Waals surface area contributed by atoms with E-state index in [0.717, 1.165) is 36.0 Å². The lowest BCUT2D eigenvalue weighted by molar-refractivity contribution is -0.133. The Morgan fingerprint density at radius 3 is 2.35 bits per heavy atom. The van der Waals surface area contributed by atoms with E-state index in [1.165, 1.54) is 0 Å². The van der Waals surface area contributed by atoms with Crippen LogP contribution in [0.5, 0.6) is 0 Å². The van der Waals surface area contributed by atoms with E-state index in [-0.39, 0.29) is 17.3 Å². The van der Waals surface area contributed by atoms with Gasteiger partial charge in [0.15, 0.2) is 0 Å². The molecule has 1 fully saturated rings. The van der Waals surface area contributed by atoms with Gasteiger partial charge < -0.3 is 4.90 Å². The zero-order valence-electron chi connectivity index (χ0n) is 19.0. The van der Waals surface area contributed by atoms with E-state index in [9.17, 15) is 13.2 Å². The van der Waals surface area contributed by atoms with Crippen molar-refractivity contribution in [2.45, 2.75) is 24.3 Å². The average molecular weight is 477 g/mol. The second-order valence-electron chi connectivity index (χ2n) is 8.48. The minimum Gasteiger partial charge on any atom is -0.340 e. The summed E-state index contributed by atoms with van der Waals surface area (Å²) >= 11 is 0. The van der Waals surface area contributed by atoms with Crippen molar-refractivity contribution in [2.24, 2.45) is 0 Å². The van der Waals surface area contributed by atoms with Crippen molar-refractivity contribution in [3.8, 4) is 6.07 Å². The number of sulfonamides is 1. The Kier molecular flexibility index (Phi) is 7.58. The summed E-state index contributed by atoms with van der Waals surface area (Å²) in [4.78, 5) is 17.0. The fraction of sp³-hybridized carbons (Fsp3) is 0.308. The van der Waals surface area contributed by atoms with E-state index in [1.807, 2.05) is 53.4 Å². The van der Waals surface area contributed by atoms with Gasteiger partial charge >= 0.3 is 0 Å². The molecule has 1 amide bonds. The van der Waals surface area contributed by atoms with Gasteiger partial charge in [-0.15, -0.1) is 0 Å². The molecule has 4 rings (SSSR count). The van der Waals surface area contributed by atoms with Gasteiger partial charge in [0.05, 0.1) is 16.5 Å². The number of nitriles is 1. The quantitative estimate of drug-likeness (QED) is 0.504. The molecule has 1 aliphatic heterocycles. The highest BCUT2D eigenvalue weighted by atomic mass is 32.2. The third-order valence-electron chi connectivity index (χ3n) is 6.10. The van der Waals surface area contributed by atoms with Crippen LogP contribution < -0.4 is 4.72 Å². The Labute approximate surface area is 200 Å². The van der Waals surface area contributed by atoms with E-state index < -0.39 is 10.0 Å². The first-order valence-corrected chi connectivity index (χ1v) is 12.9. The number of rotatable bonds is 8. The summed E-state index contributed by atoms with van der Waals surface area (Å²) in [5, 5.41) is 10.8. The molecule has 7 nitrogen and oxygen atoms in total. The summed E-state index contributed by atoms with van der Waals surface area (Å²) in [5.41, 5.74) is 1.80. The molecule has 3 aromatic carbocycles. The number of nitrogens with one attached hydrogen (secondary N) is 1. The van der Waals surface area contributed by atoms with Crippen molar-refractivity contribution in [3.63, 3.8) is 0 Å². The molecule has 34 heavy (non-hydrogen) atoms. The van der Waals surface area contributed by atoms with Gasteiger partial charge in [-0.25, -0.2) is 13.1 Å². The molecule has 0 bridgehead atoms. The van der Waals surface area contributed by atoms with Gasteiger partial charge in [0, 0.05) is 45.7 Å². The summed E-state index contributed by atoms with van der Waals surface area (Å²) in [7, 11) is -3.62. The number of hydrogen-bond acceptors (Lipinski definition) is 5. The maximum Gasteiger partial charge on any atom is 0.240 e. The molecule has 0 atom stereocenters. The van der Waals surface area contributed by atoms with Gasteiger partial charge in [-0.2, -0.15) is 5.26 Å². The molecule has 0 aliphatic carbocycles. The lowest BCUT2D eigenvalue weighted by Gasteiger charge is -2.34. The van der Waals surface area contributed by atoms with Crippen molar-refractivity contribution in [1.29, 1.82) is 5.26 Å². The van der Waals surface area contributed by atoms with Gasteiger partial charge in [0.1, 0.15) is 0 Å². The van der Waals surface area contributed by atoms with Gasteiger partial charge in [0.2, 0.25) is 15.9 Å². The SMILES string of the molecule is N#Cc1ccc(CN2CCN(C(=O)CCCNS(=O)(=O)c3ccc4ccccc4c3)CC2)cc1. The zero-order valence-corrected chi connectivity index (χ0v) is 19.8. The molecule has 1 N–H and O–H groups in total. The third kappa shape index (κ3) is 6.00. The number of benzene rings is 3. The minimum atomic E-state index is -3.62. The molecule has 0 aromatic heterocycles. The minimum absolute atomic E-state index is 0.0583. The van der Waals surface area contributed by atoms with Gasteiger partial charge in [-0.05, 0) is 47.0 Å². The first-order valence-electron chi connectivity index (χ1n) is 11.4. The average Bonchev–Trinajstić information content (AvgIpc) is 2.87. The van der Waals surface area contributed by atoms with E-state index >= 15 is 0 Å². The van der Waals surface area contributed by atoms with Gasteiger partial charge in [-0.1, -0.05) is 42.5 Å². The number of piperazine rings is 1. The largest absolute Gasteiger partial charge is 0.340 e. The van der Waals surface area contributed by atoms with Crippen LogP contribution in [0, 0.1) is 11.3 Å². The van der Waals surface area contributed by atoms with Crippen molar-refractivity contribution in [1.82, 2.24) is 14.5 Å². The molecule has 3 aromatic rings. The molecular formula is C26H28N4O3S. The highest BCUT2D eigenvalue weighted by Crippen LogP contribution is 2.19. The smallest absolute Gasteiger partial charge is 0.240 e. The lowest BCUT2D eigenvalue weighted by atomic mass is 10.1. The number of amides is 1. The molecule has 0 saturated carbocycles. The Bertz CT molecular complexity index is 1290. The van der Waals surface area contributed by atoms with Crippen LogP contribution in [0.15, 0.2) is 71.6 Å². The zero-order chi connectivity index (χ0) is 24.0. The van der Waals surface area contributed by atoms with E-state index in [1.54, 1.807) is 18.2 Å². The van der Waals surface area contributed by atoms with Crippen LogP contribution in [0.4, 0.5) is 0 Å². The molecular weight excluding hydrogens is 448 g/mol. The van der Waals surface area contributed by atoms with Crippen molar-refractivity contribution < 1.29 is 13.2 Å². The molecule has 8 heteroatoms. The van der Waals surface area contributed by atoms with Crippen molar-refractivity contribution in [2.75, 3.05) is 32.7 Å². The molecule has 1 heterocycles. The highest BCUT2D eigenvalue weighted by Gasteiger charge is 2.21. The van der Waals surface area contributed by atoms with Crippen LogP contribution in [-0.2, 0) is 21.4 Å². The Balaban J connectivity index is 1.19. The summed E-state index contributed by atoms with van der Waals surface area (Å²) in [6.45, 7) is 3.93. The lowest BCUT2D eigenvalue weighted by Crippen LogP contribution is -2.48. The summed E-state index contributed by atoms with van der Waals surface area (Å²) < 4.78 is 27.8. The maximum atomic E-state index is 12.6. The molecule has 0 radical (unpaired) electrons. The summed E-state index contributed by atoms with van der Waals surface area (Å²) in [5.74, 6) is 0.0583. The van der Waals surface area contributed by atoms with Crippen molar-refractivity contribution in [3.05, 3.63) is 77.9 Å². The van der Waals surface area contributed by atoms with E-state index in [4.69, 9.17) is 5.26 Å². The molecule has 0 unspecified atom stereocenters. The van der Waals surface area contributed by atoms with Crippen LogP contribution in [0.3, 0.4) is 0 Å². The van der Waals surface area contributed by atoms with Gasteiger partial charge in [0.25, 0.3) is 0 Å². The summed E-state index contributed by atoms with van der Waals surface area (Å²) in [6, 6.07) is 22.4. The van der Waals surface area contributed by atoms with E-state index in [0.29, 0.717) is 31.5 Å². The second kappa shape index (κ2) is 10.8. The third-order valence-corrected chi connectivity index (χ3v) is 7.56. The van der Waals surface area contributed by atoms with Crippen LogP contribution in [0.25, 0.3) is 10.8 Å². The number of hydrogen-bond donors (Lipinski definition) is 1. The van der Waals surface area contributed by atoms with Crippen LogP contribution >= 0.6 is 0 Å². The number of nitrogens with zero attached hydrogens (tertiary/aromatic N) is 3. The van der Waals surface area contributed by atoms with E-state index in [2.05, 4.69) is 15.7 Å². The highest BCUT2D eigenvalue weighted by molar-refractivity contribution is 7.89. The normalized spacial score (nSPS) is 14.7. The fourth-order valence-corrected chi connectivity index (χ4v) is 5.23. The first-order chi connectivity index (χ1) is 16.4. The Hall–Kier alpha value is -3.25.